The molecule has 0 atom stereocenters. The second-order valence-electron chi connectivity index (χ2n) is 3.33. The SMILES string of the molecule is OC1=CCCC=C1c1ccc(O)cc1. The summed E-state index contributed by atoms with van der Waals surface area (Å²) in [6.07, 6.45) is 5.69. The summed E-state index contributed by atoms with van der Waals surface area (Å²) in [4.78, 5) is 0. The molecular weight excluding hydrogens is 176 g/mol. The van der Waals surface area contributed by atoms with Gasteiger partial charge >= 0.3 is 0 Å². The van der Waals surface area contributed by atoms with Gasteiger partial charge in [-0.1, -0.05) is 18.2 Å². The standard InChI is InChI=1S/C12H12O2/c13-10-7-5-9(6-8-10)11-3-1-2-4-12(11)14/h3-8,13-14H,1-2H2. The van der Waals surface area contributed by atoms with Crippen LogP contribution in [-0.4, -0.2) is 10.2 Å². The maximum Gasteiger partial charge on any atom is 0.119 e. The molecule has 2 nitrogen and oxygen atoms in total. The fraction of sp³-hybridized carbons (Fsp3) is 0.167. The summed E-state index contributed by atoms with van der Waals surface area (Å²) in [5.74, 6) is 0.579. The van der Waals surface area contributed by atoms with E-state index in [4.69, 9.17) is 5.11 Å². The first-order valence-electron chi connectivity index (χ1n) is 4.66. The smallest absolute Gasteiger partial charge is 0.119 e. The van der Waals surface area contributed by atoms with E-state index in [9.17, 15) is 5.11 Å². The molecule has 0 saturated carbocycles. The van der Waals surface area contributed by atoms with Gasteiger partial charge in [0, 0.05) is 5.57 Å². The molecule has 14 heavy (non-hydrogen) atoms. The van der Waals surface area contributed by atoms with E-state index in [1.165, 1.54) is 0 Å². The third-order valence-corrected chi connectivity index (χ3v) is 2.31. The number of aromatic hydroxyl groups is 1. The lowest BCUT2D eigenvalue weighted by molar-refractivity contribution is 0.432. The monoisotopic (exact) mass is 188 g/mol. The van der Waals surface area contributed by atoms with Gasteiger partial charge in [-0.2, -0.15) is 0 Å². The maximum absolute atomic E-state index is 9.62. The number of phenolic OH excluding ortho intramolecular Hbond substituents is 1. The van der Waals surface area contributed by atoms with Gasteiger partial charge in [0.2, 0.25) is 0 Å². The lowest BCUT2D eigenvalue weighted by Gasteiger charge is -2.11. The Morgan fingerprint density at radius 2 is 1.50 bits per heavy atom. The highest BCUT2D eigenvalue weighted by Gasteiger charge is 2.09. The van der Waals surface area contributed by atoms with Gasteiger partial charge < -0.3 is 10.2 Å². The Morgan fingerprint density at radius 3 is 2.14 bits per heavy atom. The third-order valence-electron chi connectivity index (χ3n) is 2.31. The molecule has 1 aliphatic carbocycles. The molecule has 0 bridgehead atoms. The molecule has 0 amide bonds. The van der Waals surface area contributed by atoms with Crippen molar-refractivity contribution in [3.05, 3.63) is 47.7 Å². The number of phenols is 1. The molecule has 0 saturated heterocycles. The van der Waals surface area contributed by atoms with Crippen LogP contribution in [0.5, 0.6) is 5.75 Å². The lowest BCUT2D eigenvalue weighted by Crippen LogP contribution is -1.93. The molecule has 0 aromatic heterocycles. The van der Waals surface area contributed by atoms with Crippen molar-refractivity contribution in [2.75, 3.05) is 0 Å². The average molecular weight is 188 g/mol. The largest absolute Gasteiger partial charge is 0.508 e. The average Bonchev–Trinajstić information content (AvgIpc) is 2.20. The summed E-state index contributed by atoms with van der Waals surface area (Å²) in [5, 5.41) is 18.7. The molecule has 0 unspecified atom stereocenters. The van der Waals surface area contributed by atoms with E-state index in [0.29, 0.717) is 5.76 Å². The van der Waals surface area contributed by atoms with Crippen LogP contribution < -0.4 is 0 Å². The summed E-state index contributed by atoms with van der Waals surface area (Å²) in [6, 6.07) is 6.85. The molecule has 1 aliphatic rings. The van der Waals surface area contributed by atoms with Crippen LogP contribution in [0.4, 0.5) is 0 Å². The van der Waals surface area contributed by atoms with Crippen molar-refractivity contribution in [3.8, 4) is 5.75 Å². The molecule has 2 heteroatoms. The van der Waals surface area contributed by atoms with Crippen LogP contribution in [-0.2, 0) is 0 Å². The highest BCUT2D eigenvalue weighted by molar-refractivity contribution is 5.77. The second kappa shape index (κ2) is 3.58. The topological polar surface area (TPSA) is 40.5 Å². The van der Waals surface area contributed by atoms with Crippen molar-refractivity contribution >= 4 is 5.57 Å². The number of allylic oxidation sites excluding steroid dienone is 3. The minimum Gasteiger partial charge on any atom is -0.508 e. The molecule has 72 valence electrons. The highest BCUT2D eigenvalue weighted by atomic mass is 16.3. The minimum absolute atomic E-state index is 0.244. The Morgan fingerprint density at radius 1 is 0.857 bits per heavy atom. The van der Waals surface area contributed by atoms with E-state index in [1.807, 2.05) is 12.2 Å². The first-order valence-corrected chi connectivity index (χ1v) is 4.66. The van der Waals surface area contributed by atoms with Crippen molar-refractivity contribution in [1.29, 1.82) is 0 Å². The van der Waals surface area contributed by atoms with Gasteiger partial charge in [-0.25, -0.2) is 0 Å². The van der Waals surface area contributed by atoms with E-state index < -0.39 is 0 Å². The van der Waals surface area contributed by atoms with Crippen LogP contribution in [0.1, 0.15) is 18.4 Å². The minimum atomic E-state index is 0.244. The zero-order valence-corrected chi connectivity index (χ0v) is 7.77. The van der Waals surface area contributed by atoms with Gasteiger partial charge in [0.25, 0.3) is 0 Å². The number of benzene rings is 1. The predicted molar refractivity (Wildman–Crippen MR) is 56.0 cm³/mol. The van der Waals surface area contributed by atoms with E-state index in [2.05, 4.69) is 0 Å². The van der Waals surface area contributed by atoms with E-state index in [-0.39, 0.29) is 5.75 Å². The van der Waals surface area contributed by atoms with E-state index in [0.717, 1.165) is 24.0 Å². The Kier molecular flexibility index (Phi) is 2.27. The predicted octanol–water partition coefficient (Wildman–Crippen LogP) is 3.01. The number of rotatable bonds is 1. The Hall–Kier alpha value is -1.70. The third kappa shape index (κ3) is 1.64. The summed E-state index contributed by atoms with van der Waals surface area (Å²) < 4.78 is 0. The van der Waals surface area contributed by atoms with Crippen LogP contribution in [0, 0.1) is 0 Å². The molecule has 0 aliphatic heterocycles. The van der Waals surface area contributed by atoms with Gasteiger partial charge in [0.1, 0.15) is 11.5 Å². The first-order chi connectivity index (χ1) is 6.77. The van der Waals surface area contributed by atoms with Crippen molar-refractivity contribution < 1.29 is 10.2 Å². The first kappa shape index (κ1) is 8.88. The second-order valence-corrected chi connectivity index (χ2v) is 3.33. The highest BCUT2D eigenvalue weighted by Crippen LogP contribution is 2.27. The molecular formula is C12H12O2. The van der Waals surface area contributed by atoms with Gasteiger partial charge in [-0.3, -0.25) is 0 Å². The summed E-state index contributed by atoms with van der Waals surface area (Å²) in [5.41, 5.74) is 1.80. The van der Waals surface area contributed by atoms with Gasteiger partial charge in [-0.05, 0) is 36.6 Å². The van der Waals surface area contributed by atoms with Gasteiger partial charge in [0.15, 0.2) is 0 Å². The lowest BCUT2D eigenvalue weighted by atomic mass is 9.98. The molecule has 0 radical (unpaired) electrons. The molecule has 0 spiro atoms. The van der Waals surface area contributed by atoms with Gasteiger partial charge in [-0.15, -0.1) is 0 Å². The quantitative estimate of drug-likeness (QED) is 0.711. The Bertz CT molecular complexity index is 385. The number of aliphatic hydroxyl groups excluding tert-OH is 1. The molecule has 2 N–H and O–H groups in total. The summed E-state index contributed by atoms with van der Waals surface area (Å²) >= 11 is 0. The maximum atomic E-state index is 9.62. The molecule has 2 rings (SSSR count). The number of aliphatic hydroxyl groups is 1. The molecule has 1 aromatic carbocycles. The molecule has 0 heterocycles. The van der Waals surface area contributed by atoms with Crippen molar-refractivity contribution in [2.24, 2.45) is 0 Å². The zero-order valence-electron chi connectivity index (χ0n) is 7.77. The molecule has 0 fully saturated rings. The Labute approximate surface area is 82.8 Å². The van der Waals surface area contributed by atoms with Crippen LogP contribution in [0.2, 0.25) is 0 Å². The summed E-state index contributed by atoms with van der Waals surface area (Å²) in [7, 11) is 0. The van der Waals surface area contributed by atoms with Crippen molar-refractivity contribution in [1.82, 2.24) is 0 Å². The zero-order chi connectivity index (χ0) is 9.97. The van der Waals surface area contributed by atoms with Crippen LogP contribution >= 0.6 is 0 Å². The fourth-order valence-electron chi connectivity index (χ4n) is 1.57. The number of hydrogen-bond acceptors (Lipinski definition) is 2. The van der Waals surface area contributed by atoms with E-state index in [1.54, 1.807) is 24.3 Å². The van der Waals surface area contributed by atoms with Crippen molar-refractivity contribution in [3.63, 3.8) is 0 Å². The normalized spacial score (nSPS) is 16.0. The Balaban J connectivity index is 2.35. The van der Waals surface area contributed by atoms with Crippen LogP contribution in [0.3, 0.4) is 0 Å². The van der Waals surface area contributed by atoms with Crippen LogP contribution in [0.25, 0.3) is 5.57 Å². The summed E-state index contributed by atoms with van der Waals surface area (Å²) in [6.45, 7) is 0. The number of hydrogen-bond donors (Lipinski definition) is 2. The van der Waals surface area contributed by atoms with Gasteiger partial charge in [0.05, 0.1) is 0 Å². The van der Waals surface area contributed by atoms with Crippen molar-refractivity contribution in [2.45, 2.75) is 12.8 Å². The fourth-order valence-corrected chi connectivity index (χ4v) is 1.57. The molecule has 1 aromatic rings. The van der Waals surface area contributed by atoms with E-state index >= 15 is 0 Å². The van der Waals surface area contributed by atoms with Crippen LogP contribution in [0.15, 0.2) is 42.2 Å².